The first kappa shape index (κ1) is 20.2. The fourth-order valence-electron chi connectivity index (χ4n) is 2.51. The lowest BCUT2D eigenvalue weighted by molar-refractivity contribution is -0.138. The number of fused-ring (bicyclic) bond motifs is 2. The van der Waals surface area contributed by atoms with Gasteiger partial charge in [0.2, 0.25) is 11.1 Å². The number of aromatic nitrogens is 2. The van der Waals surface area contributed by atoms with Crippen molar-refractivity contribution < 1.29 is 35.2 Å². The lowest BCUT2D eigenvalue weighted by atomic mass is 10.1. The van der Waals surface area contributed by atoms with Crippen molar-refractivity contribution >= 4 is 33.3 Å². The summed E-state index contributed by atoms with van der Waals surface area (Å²) >= 11 is 0. The summed E-state index contributed by atoms with van der Waals surface area (Å²) in [6.45, 7) is 0. The average Bonchev–Trinajstić information content (AvgIpc) is 3.23. The third kappa shape index (κ3) is 2.93. The summed E-state index contributed by atoms with van der Waals surface area (Å²) in [4.78, 5) is 6.49. The molecule has 0 aliphatic carbocycles. The molecule has 0 atom stereocenters. The Hall–Kier alpha value is -4.56. The fourth-order valence-corrected chi connectivity index (χ4v) is 2.51. The van der Waals surface area contributed by atoms with Crippen LogP contribution in [0.15, 0.2) is 8.83 Å². The fraction of sp³-hybridized carbons (Fsp3) is 0.125. The van der Waals surface area contributed by atoms with Crippen LogP contribution in [0.1, 0.15) is 11.1 Å². The minimum absolute atomic E-state index is 0.970. The van der Waals surface area contributed by atoms with Crippen LogP contribution in [-0.2, 0) is 12.4 Å². The van der Waals surface area contributed by atoms with Crippen LogP contribution in [-0.4, -0.2) is 9.97 Å². The van der Waals surface area contributed by atoms with Gasteiger partial charge in [0.05, 0.1) is 0 Å². The molecule has 2 heterocycles. The highest BCUT2D eigenvalue weighted by Crippen LogP contribution is 2.45. The van der Waals surface area contributed by atoms with Crippen LogP contribution in [0.25, 0.3) is 33.3 Å². The quantitative estimate of drug-likeness (QED) is 0.502. The normalized spacial score (nSPS) is 11.5. The van der Waals surface area contributed by atoms with E-state index in [1.165, 1.54) is 24.3 Å². The molecule has 0 saturated heterocycles. The number of nitriles is 4. The molecule has 14 heteroatoms. The van der Waals surface area contributed by atoms with Crippen molar-refractivity contribution in [1.82, 2.24) is 9.97 Å². The SMILES string of the molecule is N#CC(C#N)=c1nc2c(C(F)(F)F)c3oc(=C(C#N)C#N)nc3c(C(F)(F)F)c2o1. The van der Waals surface area contributed by atoms with Crippen LogP contribution in [0.5, 0.6) is 0 Å². The van der Waals surface area contributed by atoms with Crippen molar-refractivity contribution in [3.05, 3.63) is 22.2 Å². The predicted octanol–water partition coefficient (Wildman–Crippen LogP) is 2.40. The van der Waals surface area contributed by atoms with E-state index in [4.69, 9.17) is 29.9 Å². The lowest BCUT2D eigenvalue weighted by Gasteiger charge is -2.11. The van der Waals surface area contributed by atoms with E-state index < -0.39 is 67.9 Å². The van der Waals surface area contributed by atoms with Gasteiger partial charge in [0.15, 0.2) is 22.3 Å². The van der Waals surface area contributed by atoms with Gasteiger partial charge in [-0.3, -0.25) is 0 Å². The van der Waals surface area contributed by atoms with Crippen LogP contribution in [0.3, 0.4) is 0 Å². The molecular weight excluding hydrogens is 422 g/mol. The molecule has 0 radical (unpaired) electrons. The van der Waals surface area contributed by atoms with Crippen molar-refractivity contribution in [2.75, 3.05) is 0 Å². The first-order valence-electron chi connectivity index (χ1n) is 7.24. The minimum Gasteiger partial charge on any atom is -0.434 e. The molecule has 3 rings (SSSR count). The van der Waals surface area contributed by atoms with Crippen LogP contribution in [0.2, 0.25) is 0 Å². The number of hydrogen-bond donors (Lipinski definition) is 0. The van der Waals surface area contributed by atoms with Crippen LogP contribution in [0.4, 0.5) is 26.3 Å². The molecule has 0 saturated carbocycles. The summed E-state index contributed by atoms with van der Waals surface area (Å²) in [6.07, 6.45) is -10.7. The maximum atomic E-state index is 13.7. The molecule has 0 unspecified atom stereocenters. The van der Waals surface area contributed by atoms with Gasteiger partial charge < -0.3 is 8.83 Å². The van der Waals surface area contributed by atoms with Gasteiger partial charge in [-0.05, 0) is 0 Å². The highest BCUT2D eigenvalue weighted by atomic mass is 19.4. The summed E-state index contributed by atoms with van der Waals surface area (Å²) < 4.78 is 91.6. The highest BCUT2D eigenvalue weighted by Gasteiger charge is 2.46. The van der Waals surface area contributed by atoms with Crippen LogP contribution in [0, 0.1) is 45.3 Å². The highest BCUT2D eigenvalue weighted by molar-refractivity contribution is 5.99. The zero-order valence-corrected chi connectivity index (χ0v) is 13.8. The van der Waals surface area contributed by atoms with Crippen molar-refractivity contribution in [2.24, 2.45) is 0 Å². The third-order valence-electron chi connectivity index (χ3n) is 3.62. The molecule has 0 aliphatic rings. The maximum absolute atomic E-state index is 13.7. The molecule has 3 aromatic rings. The molecule has 1 aromatic carbocycles. The van der Waals surface area contributed by atoms with Gasteiger partial charge in [0, 0.05) is 0 Å². The number of halogens is 6. The number of nitrogens with zero attached hydrogens (tertiary/aromatic N) is 6. The van der Waals surface area contributed by atoms with Gasteiger partial charge in [-0.1, -0.05) is 0 Å². The van der Waals surface area contributed by atoms with Gasteiger partial charge >= 0.3 is 12.4 Å². The molecule has 30 heavy (non-hydrogen) atoms. The molecule has 0 N–H and O–H groups in total. The third-order valence-corrected chi connectivity index (χ3v) is 3.62. The number of oxazole rings is 2. The smallest absolute Gasteiger partial charge is 0.422 e. The maximum Gasteiger partial charge on any atom is 0.422 e. The number of hydrogen-bond acceptors (Lipinski definition) is 8. The van der Waals surface area contributed by atoms with Gasteiger partial charge in [0.25, 0.3) is 0 Å². The average molecular weight is 422 g/mol. The molecule has 2 aromatic heterocycles. The van der Waals surface area contributed by atoms with E-state index in [9.17, 15) is 26.3 Å². The van der Waals surface area contributed by atoms with Gasteiger partial charge in [-0.25, -0.2) is 9.97 Å². The van der Waals surface area contributed by atoms with Gasteiger partial charge in [-0.2, -0.15) is 47.4 Å². The van der Waals surface area contributed by atoms with Crippen molar-refractivity contribution in [1.29, 1.82) is 21.0 Å². The molecular formula is C16F6N6O2. The monoisotopic (exact) mass is 422 g/mol. The Bertz CT molecular complexity index is 1310. The molecule has 8 nitrogen and oxygen atoms in total. The Morgan fingerprint density at radius 2 is 0.933 bits per heavy atom. The molecule has 0 spiro atoms. The Labute approximate surface area is 159 Å². The summed E-state index contributed by atoms with van der Waals surface area (Å²) in [6, 6.07) is 4.97. The van der Waals surface area contributed by atoms with E-state index >= 15 is 0 Å². The standard InChI is InChI=1S/C16F6N6O2/c17-15(18,19)7-9-11(29-13(27-9)5(1-23)2-24)8(16(20,21)22)10-12(7)30-14(28-10)6(3-25)4-26. The molecule has 0 fully saturated rings. The second-order valence-corrected chi connectivity index (χ2v) is 5.34. The van der Waals surface area contributed by atoms with Crippen molar-refractivity contribution in [3.63, 3.8) is 0 Å². The lowest BCUT2D eigenvalue weighted by Crippen LogP contribution is -2.12. The Morgan fingerprint density at radius 3 is 1.17 bits per heavy atom. The Kier molecular flexibility index (Phi) is 4.37. The summed E-state index contributed by atoms with van der Waals surface area (Å²) in [7, 11) is 0. The topological polar surface area (TPSA) is 147 Å². The van der Waals surface area contributed by atoms with Gasteiger partial charge in [0.1, 0.15) is 46.4 Å². The van der Waals surface area contributed by atoms with Crippen molar-refractivity contribution in [2.45, 2.75) is 12.4 Å². The molecule has 0 aliphatic heterocycles. The number of benzene rings is 1. The summed E-state index contributed by atoms with van der Waals surface area (Å²) in [5, 5.41) is 35.3. The Morgan fingerprint density at radius 1 is 0.633 bits per heavy atom. The van der Waals surface area contributed by atoms with E-state index in [0.717, 1.165) is 0 Å². The second kappa shape index (κ2) is 6.50. The summed E-state index contributed by atoms with van der Waals surface area (Å²) in [5.74, 6) is 0. The van der Waals surface area contributed by atoms with Gasteiger partial charge in [-0.15, -0.1) is 0 Å². The zero-order chi connectivity index (χ0) is 22.4. The minimum atomic E-state index is -5.36. The first-order chi connectivity index (χ1) is 14.0. The predicted molar refractivity (Wildman–Crippen MR) is 80.1 cm³/mol. The number of rotatable bonds is 0. The van der Waals surface area contributed by atoms with E-state index in [-0.39, 0.29) is 0 Å². The largest absolute Gasteiger partial charge is 0.434 e. The van der Waals surface area contributed by atoms with Crippen LogP contribution >= 0.6 is 0 Å². The first-order valence-corrected chi connectivity index (χ1v) is 7.24. The molecule has 0 amide bonds. The Balaban J connectivity index is 2.79. The van der Waals surface area contributed by atoms with E-state index in [1.54, 1.807) is 0 Å². The second-order valence-electron chi connectivity index (χ2n) is 5.34. The summed E-state index contributed by atoms with van der Waals surface area (Å²) in [5.41, 5.74) is -13.5. The van der Waals surface area contributed by atoms with E-state index in [1.807, 2.05) is 0 Å². The molecule has 0 bridgehead atoms. The van der Waals surface area contributed by atoms with Crippen molar-refractivity contribution in [3.8, 4) is 24.3 Å². The van der Waals surface area contributed by atoms with E-state index in [0.29, 0.717) is 0 Å². The van der Waals surface area contributed by atoms with E-state index in [2.05, 4.69) is 9.97 Å². The number of alkyl halides is 6. The van der Waals surface area contributed by atoms with Crippen LogP contribution < -0.4 is 11.1 Å². The zero-order valence-electron chi connectivity index (χ0n) is 13.8. The molecule has 148 valence electrons.